The van der Waals surface area contributed by atoms with Crippen LogP contribution >= 0.6 is 0 Å². The summed E-state index contributed by atoms with van der Waals surface area (Å²) < 4.78 is 10.0. The molecule has 1 saturated carbocycles. The van der Waals surface area contributed by atoms with Crippen molar-refractivity contribution < 1.29 is 34.1 Å². The lowest BCUT2D eigenvalue weighted by atomic mass is 9.83. The predicted octanol–water partition coefficient (Wildman–Crippen LogP) is 1.72. The molecule has 28 heavy (non-hydrogen) atoms. The first-order chi connectivity index (χ1) is 13.5. The van der Waals surface area contributed by atoms with Gasteiger partial charge in [-0.25, -0.2) is 9.59 Å². The number of esters is 2. The zero-order valence-corrected chi connectivity index (χ0v) is 15.0. The third kappa shape index (κ3) is 3.33. The smallest absolute Gasteiger partial charge is 0.339 e. The van der Waals surface area contributed by atoms with Crippen LogP contribution in [0.25, 0.3) is 0 Å². The summed E-state index contributed by atoms with van der Waals surface area (Å²) in [6.07, 6.45) is 0.229. The maximum absolute atomic E-state index is 12.7. The molecule has 0 saturated heterocycles. The van der Waals surface area contributed by atoms with Crippen LogP contribution in [-0.4, -0.2) is 46.7 Å². The minimum atomic E-state index is -1.35. The highest BCUT2D eigenvalue weighted by molar-refractivity contribution is 6.09. The average molecular weight is 384 g/mol. The Labute approximate surface area is 161 Å². The van der Waals surface area contributed by atoms with E-state index in [2.05, 4.69) is 0 Å². The average Bonchev–Trinajstić information content (AvgIpc) is 3.43. The summed E-state index contributed by atoms with van der Waals surface area (Å²) in [6, 6.07) is 9.24. The van der Waals surface area contributed by atoms with E-state index in [0.29, 0.717) is 0 Å². The number of rotatable bonds is 6. The number of aliphatic hydroxyl groups is 2. The lowest BCUT2D eigenvalue weighted by Gasteiger charge is -2.28. The highest BCUT2D eigenvalue weighted by Gasteiger charge is 2.46. The van der Waals surface area contributed by atoms with Gasteiger partial charge in [-0.15, -0.1) is 0 Å². The maximum atomic E-state index is 12.7. The van der Waals surface area contributed by atoms with E-state index < -0.39 is 41.6 Å². The van der Waals surface area contributed by atoms with Gasteiger partial charge in [-0.3, -0.25) is 4.79 Å². The Kier molecular flexibility index (Phi) is 4.77. The molecular weight excluding hydrogens is 364 g/mol. The molecule has 0 aromatic heterocycles. The van der Waals surface area contributed by atoms with Crippen LogP contribution in [0.3, 0.4) is 0 Å². The normalized spacial score (nSPS) is 24.5. The molecule has 0 amide bonds. The Morgan fingerprint density at radius 2 is 1.79 bits per heavy atom. The van der Waals surface area contributed by atoms with Gasteiger partial charge in [-0.2, -0.15) is 0 Å². The second kappa shape index (κ2) is 7.24. The van der Waals surface area contributed by atoms with E-state index in [1.807, 2.05) is 30.3 Å². The van der Waals surface area contributed by atoms with Crippen molar-refractivity contribution in [1.82, 2.24) is 0 Å². The maximum Gasteiger partial charge on any atom is 0.339 e. The second-order valence-electron chi connectivity index (χ2n) is 7.26. The molecule has 1 fully saturated rings. The number of hydrogen-bond donors (Lipinski definition) is 2. The van der Waals surface area contributed by atoms with Crippen LogP contribution in [0.15, 0.2) is 53.3 Å². The predicted molar refractivity (Wildman–Crippen MR) is 96.1 cm³/mol. The van der Waals surface area contributed by atoms with Crippen molar-refractivity contribution in [1.29, 1.82) is 0 Å². The standard InChI is InChI=1S/C21H20O7/c22-14(13-8-9-27-20(13)25)10-15-18(23)19(24)17(21(26)28-15)16(12-6-7-12)11-4-2-1-3-5-11/h1-5,8,12,14-16,22,24H,6-7,9-10H2. The van der Waals surface area contributed by atoms with Crippen LogP contribution in [-0.2, 0) is 23.9 Å². The fraction of sp³-hybridized carbons (Fsp3) is 0.381. The molecular formula is C21H20O7. The van der Waals surface area contributed by atoms with Crippen molar-refractivity contribution in [3.8, 4) is 0 Å². The lowest BCUT2D eigenvalue weighted by molar-refractivity contribution is -0.156. The molecule has 146 valence electrons. The molecule has 0 bridgehead atoms. The third-order valence-electron chi connectivity index (χ3n) is 5.36. The first kappa shape index (κ1) is 18.4. The van der Waals surface area contributed by atoms with Gasteiger partial charge in [0.1, 0.15) is 6.61 Å². The van der Waals surface area contributed by atoms with Crippen LogP contribution < -0.4 is 0 Å². The molecule has 1 aromatic carbocycles. The van der Waals surface area contributed by atoms with Crippen molar-refractivity contribution in [2.45, 2.75) is 37.4 Å². The molecule has 2 heterocycles. The van der Waals surface area contributed by atoms with Gasteiger partial charge in [0, 0.05) is 12.3 Å². The van der Waals surface area contributed by atoms with Gasteiger partial charge in [-0.1, -0.05) is 30.3 Å². The largest absolute Gasteiger partial charge is 0.504 e. The van der Waals surface area contributed by atoms with Gasteiger partial charge in [0.05, 0.1) is 17.3 Å². The van der Waals surface area contributed by atoms with Crippen molar-refractivity contribution in [2.24, 2.45) is 5.92 Å². The molecule has 3 aliphatic rings. The van der Waals surface area contributed by atoms with E-state index in [1.54, 1.807) is 0 Å². The topological polar surface area (TPSA) is 110 Å². The zero-order valence-electron chi connectivity index (χ0n) is 15.0. The minimum absolute atomic E-state index is 0.0241. The van der Waals surface area contributed by atoms with E-state index in [4.69, 9.17) is 9.47 Å². The number of carbonyl (C=O) groups excluding carboxylic acids is 3. The Bertz CT molecular complexity index is 879. The van der Waals surface area contributed by atoms with E-state index in [1.165, 1.54) is 6.08 Å². The Morgan fingerprint density at radius 1 is 1.07 bits per heavy atom. The quantitative estimate of drug-likeness (QED) is 0.719. The van der Waals surface area contributed by atoms with Crippen LogP contribution in [0.1, 0.15) is 30.7 Å². The zero-order chi connectivity index (χ0) is 19.8. The number of carbonyl (C=O) groups is 3. The van der Waals surface area contributed by atoms with Crippen LogP contribution in [0.2, 0.25) is 0 Å². The summed E-state index contributed by atoms with van der Waals surface area (Å²) in [5, 5.41) is 20.8. The summed E-state index contributed by atoms with van der Waals surface area (Å²) in [4.78, 5) is 36.9. The van der Waals surface area contributed by atoms with Gasteiger partial charge >= 0.3 is 11.9 Å². The molecule has 7 nitrogen and oxygen atoms in total. The number of Topliss-reactive ketones (excluding diaryl/α,β-unsaturated/α-hetero) is 1. The van der Waals surface area contributed by atoms with E-state index in [0.717, 1.165) is 18.4 Å². The fourth-order valence-electron chi connectivity index (χ4n) is 3.80. The van der Waals surface area contributed by atoms with Gasteiger partial charge in [0.2, 0.25) is 5.78 Å². The van der Waals surface area contributed by atoms with Crippen LogP contribution in [0.5, 0.6) is 0 Å². The van der Waals surface area contributed by atoms with Crippen molar-refractivity contribution in [3.05, 3.63) is 58.9 Å². The van der Waals surface area contributed by atoms with Gasteiger partial charge in [0.15, 0.2) is 11.9 Å². The molecule has 2 aliphatic heterocycles. The molecule has 0 radical (unpaired) electrons. The highest BCUT2D eigenvalue weighted by atomic mass is 16.6. The summed E-state index contributed by atoms with van der Waals surface area (Å²) >= 11 is 0. The van der Waals surface area contributed by atoms with E-state index in [-0.39, 0.29) is 30.1 Å². The lowest BCUT2D eigenvalue weighted by Crippen LogP contribution is -2.40. The fourth-order valence-corrected chi connectivity index (χ4v) is 3.80. The first-order valence-electron chi connectivity index (χ1n) is 9.26. The van der Waals surface area contributed by atoms with Gasteiger partial charge in [-0.05, 0) is 30.4 Å². The number of ether oxygens (including phenoxy) is 2. The first-order valence-corrected chi connectivity index (χ1v) is 9.26. The minimum Gasteiger partial charge on any atom is -0.504 e. The molecule has 4 rings (SSSR count). The van der Waals surface area contributed by atoms with Gasteiger partial charge < -0.3 is 19.7 Å². The molecule has 3 unspecified atom stereocenters. The summed E-state index contributed by atoms with van der Waals surface area (Å²) in [7, 11) is 0. The number of ketones is 1. The van der Waals surface area contributed by atoms with Crippen molar-refractivity contribution in [3.63, 3.8) is 0 Å². The SMILES string of the molecule is O=C1OCC=C1C(O)CC1OC(=O)C(C(c2ccccc2)C2CC2)=C(O)C1=O. The number of aliphatic hydroxyl groups excluding tert-OH is 2. The van der Waals surface area contributed by atoms with E-state index >= 15 is 0 Å². The molecule has 1 aromatic rings. The summed E-state index contributed by atoms with van der Waals surface area (Å²) in [5.41, 5.74) is 0.843. The number of benzene rings is 1. The molecule has 2 N–H and O–H groups in total. The Morgan fingerprint density at radius 3 is 2.39 bits per heavy atom. The summed E-state index contributed by atoms with van der Waals surface area (Å²) in [5.74, 6) is -3.05. The third-order valence-corrected chi connectivity index (χ3v) is 5.36. The monoisotopic (exact) mass is 384 g/mol. The highest BCUT2D eigenvalue weighted by Crippen LogP contribution is 2.48. The Balaban J connectivity index is 1.59. The number of hydrogen-bond acceptors (Lipinski definition) is 7. The number of cyclic esters (lactones) is 2. The van der Waals surface area contributed by atoms with Crippen molar-refractivity contribution in [2.75, 3.05) is 6.61 Å². The van der Waals surface area contributed by atoms with Crippen LogP contribution in [0, 0.1) is 5.92 Å². The second-order valence-corrected chi connectivity index (χ2v) is 7.26. The molecule has 0 spiro atoms. The van der Waals surface area contributed by atoms with E-state index in [9.17, 15) is 24.6 Å². The van der Waals surface area contributed by atoms with Crippen LogP contribution in [0.4, 0.5) is 0 Å². The molecule has 1 aliphatic carbocycles. The summed E-state index contributed by atoms with van der Waals surface area (Å²) in [6.45, 7) is 0.0546. The Hall–Kier alpha value is -2.93. The molecule has 3 atom stereocenters. The van der Waals surface area contributed by atoms with Crippen molar-refractivity contribution >= 4 is 17.7 Å². The van der Waals surface area contributed by atoms with Gasteiger partial charge in [0.25, 0.3) is 0 Å². The molecule has 7 heteroatoms.